The molecule has 3 heteroatoms. The van der Waals surface area contributed by atoms with Crippen LogP contribution >= 0.6 is 0 Å². The van der Waals surface area contributed by atoms with E-state index in [2.05, 4.69) is 23.7 Å². The average Bonchev–Trinajstić information content (AvgIpc) is 2.46. The summed E-state index contributed by atoms with van der Waals surface area (Å²) in [6.07, 6.45) is 8.42. The van der Waals surface area contributed by atoms with Crippen LogP contribution in [0.25, 0.3) is 0 Å². The van der Waals surface area contributed by atoms with E-state index in [1.54, 1.807) is 0 Å². The minimum atomic E-state index is -0.0341. The summed E-state index contributed by atoms with van der Waals surface area (Å²) in [5.41, 5.74) is 0. The minimum absolute atomic E-state index is 0.0316. The van der Waals surface area contributed by atoms with E-state index in [-0.39, 0.29) is 12.9 Å². The Morgan fingerprint density at radius 1 is 1.00 bits per heavy atom. The van der Waals surface area contributed by atoms with Crippen molar-refractivity contribution in [1.82, 2.24) is 0 Å². The third-order valence-corrected chi connectivity index (χ3v) is 2.91. The second kappa shape index (κ2) is 12.1. The molecule has 0 aliphatic carbocycles. The number of unbranched alkanes of at least 4 members (excludes halogenated alkanes) is 4. The van der Waals surface area contributed by atoms with Gasteiger partial charge in [-0.3, -0.25) is 0 Å². The van der Waals surface area contributed by atoms with Gasteiger partial charge >= 0.3 is 0 Å². The Morgan fingerprint density at radius 3 is 2.47 bits per heavy atom. The molecule has 1 fully saturated rings. The van der Waals surface area contributed by atoms with Crippen LogP contribution in [0.1, 0.15) is 51.4 Å². The Hall–Kier alpha value is -1.00. The molecule has 0 radical (unpaired) electrons. The number of rotatable bonds is 6. The average molecular weight is 264 g/mol. The Morgan fingerprint density at radius 2 is 1.79 bits per heavy atom. The normalized spacial score (nSPS) is 18.1. The first-order valence-electron chi connectivity index (χ1n) is 7.19. The van der Waals surface area contributed by atoms with Crippen LogP contribution < -0.4 is 0 Å². The highest BCUT2D eigenvalue weighted by Gasteiger charge is 2.12. The lowest BCUT2D eigenvalue weighted by molar-refractivity contribution is -0.154. The maximum Gasteiger partial charge on any atom is 0.158 e. The first-order valence-corrected chi connectivity index (χ1v) is 7.19. The fraction of sp³-hybridized carbons (Fsp3) is 0.750. The summed E-state index contributed by atoms with van der Waals surface area (Å²) in [6, 6.07) is 0. The fourth-order valence-electron chi connectivity index (χ4n) is 1.86. The molecule has 1 heterocycles. The van der Waals surface area contributed by atoms with Gasteiger partial charge in [-0.25, -0.2) is 0 Å². The van der Waals surface area contributed by atoms with Crippen molar-refractivity contribution in [1.29, 1.82) is 0 Å². The van der Waals surface area contributed by atoms with Gasteiger partial charge in [-0.1, -0.05) is 18.3 Å². The van der Waals surface area contributed by atoms with Crippen molar-refractivity contribution < 1.29 is 14.6 Å². The van der Waals surface area contributed by atoms with Gasteiger partial charge in [0.05, 0.1) is 0 Å². The van der Waals surface area contributed by atoms with Gasteiger partial charge in [0.15, 0.2) is 6.29 Å². The van der Waals surface area contributed by atoms with Crippen molar-refractivity contribution in [2.45, 2.75) is 57.7 Å². The van der Waals surface area contributed by atoms with Crippen LogP contribution in [0.5, 0.6) is 0 Å². The molecule has 1 rings (SSSR count). The second-order valence-electron chi connectivity index (χ2n) is 4.53. The Kier molecular flexibility index (Phi) is 10.2. The molecule has 1 N–H and O–H groups in total. The summed E-state index contributed by atoms with van der Waals surface area (Å²) < 4.78 is 11.0. The zero-order valence-corrected chi connectivity index (χ0v) is 11.6. The molecular weight excluding hydrogens is 240 g/mol. The van der Waals surface area contributed by atoms with E-state index < -0.39 is 0 Å². The van der Waals surface area contributed by atoms with E-state index in [0.717, 1.165) is 51.6 Å². The van der Waals surface area contributed by atoms with Crippen molar-refractivity contribution in [3.8, 4) is 23.7 Å². The first-order chi connectivity index (χ1) is 9.43. The van der Waals surface area contributed by atoms with Crippen LogP contribution in [0.3, 0.4) is 0 Å². The lowest BCUT2D eigenvalue weighted by Crippen LogP contribution is -2.22. The summed E-state index contributed by atoms with van der Waals surface area (Å²) in [5.74, 6) is 11.7. The highest BCUT2D eigenvalue weighted by atomic mass is 16.7. The molecule has 1 saturated heterocycles. The molecule has 1 atom stereocenters. The van der Waals surface area contributed by atoms with Gasteiger partial charge in [0.25, 0.3) is 0 Å². The summed E-state index contributed by atoms with van der Waals surface area (Å²) in [7, 11) is 0. The monoisotopic (exact) mass is 264 g/mol. The molecule has 106 valence electrons. The number of aliphatic hydroxyl groups is 1. The van der Waals surface area contributed by atoms with Gasteiger partial charge in [-0.2, -0.15) is 0 Å². The van der Waals surface area contributed by atoms with E-state index in [9.17, 15) is 0 Å². The van der Waals surface area contributed by atoms with E-state index >= 15 is 0 Å². The third-order valence-electron chi connectivity index (χ3n) is 2.91. The van der Waals surface area contributed by atoms with Crippen LogP contribution in [0.2, 0.25) is 0 Å². The molecule has 0 saturated carbocycles. The molecular formula is C16H24O3. The number of aliphatic hydroxyl groups excluding tert-OH is 1. The van der Waals surface area contributed by atoms with Crippen molar-refractivity contribution in [3.05, 3.63) is 0 Å². The second-order valence-corrected chi connectivity index (χ2v) is 4.53. The molecule has 0 aromatic heterocycles. The zero-order valence-electron chi connectivity index (χ0n) is 11.6. The van der Waals surface area contributed by atoms with Crippen molar-refractivity contribution in [2.24, 2.45) is 0 Å². The van der Waals surface area contributed by atoms with Gasteiger partial charge < -0.3 is 14.6 Å². The van der Waals surface area contributed by atoms with Gasteiger partial charge in [0.2, 0.25) is 0 Å². The van der Waals surface area contributed by atoms with E-state index in [1.165, 1.54) is 6.42 Å². The topological polar surface area (TPSA) is 38.7 Å². The smallest absolute Gasteiger partial charge is 0.158 e. The quantitative estimate of drug-likeness (QED) is 0.591. The lowest BCUT2D eigenvalue weighted by Gasteiger charge is -2.21. The Bertz CT molecular complexity index is 323. The third kappa shape index (κ3) is 9.56. The fourth-order valence-corrected chi connectivity index (χ4v) is 1.86. The molecule has 0 spiro atoms. The molecule has 0 amide bonds. The Labute approximate surface area is 116 Å². The van der Waals surface area contributed by atoms with Gasteiger partial charge in [0, 0.05) is 19.4 Å². The van der Waals surface area contributed by atoms with Crippen molar-refractivity contribution in [2.75, 3.05) is 19.8 Å². The molecule has 0 aromatic carbocycles. The molecule has 0 aromatic rings. The predicted octanol–water partition coefficient (Wildman–Crippen LogP) is 2.48. The molecule has 1 unspecified atom stereocenters. The highest BCUT2D eigenvalue weighted by molar-refractivity contribution is 4.99. The number of hydrogen-bond donors (Lipinski definition) is 1. The molecule has 19 heavy (non-hydrogen) atoms. The van der Waals surface area contributed by atoms with Crippen LogP contribution in [0.15, 0.2) is 0 Å². The van der Waals surface area contributed by atoms with E-state index in [4.69, 9.17) is 14.6 Å². The van der Waals surface area contributed by atoms with Crippen LogP contribution in [-0.2, 0) is 9.47 Å². The largest absolute Gasteiger partial charge is 0.384 e. The number of ether oxygens (including phenoxy) is 2. The summed E-state index contributed by atoms with van der Waals surface area (Å²) in [5, 5.41) is 8.47. The van der Waals surface area contributed by atoms with Crippen molar-refractivity contribution in [3.63, 3.8) is 0 Å². The summed E-state index contributed by atoms with van der Waals surface area (Å²) in [4.78, 5) is 0. The zero-order chi connectivity index (χ0) is 13.6. The first kappa shape index (κ1) is 16.1. The summed E-state index contributed by atoms with van der Waals surface area (Å²) in [6.45, 7) is 1.26. The summed E-state index contributed by atoms with van der Waals surface area (Å²) >= 11 is 0. The number of hydrogen-bond acceptors (Lipinski definition) is 3. The predicted molar refractivity (Wildman–Crippen MR) is 75.3 cm³/mol. The van der Waals surface area contributed by atoms with E-state index in [1.807, 2.05) is 0 Å². The van der Waals surface area contributed by atoms with Crippen molar-refractivity contribution >= 4 is 0 Å². The highest BCUT2D eigenvalue weighted by Crippen LogP contribution is 2.13. The molecule has 3 nitrogen and oxygen atoms in total. The Balaban J connectivity index is 1.88. The van der Waals surface area contributed by atoms with Gasteiger partial charge in [-0.15, -0.1) is 11.8 Å². The SMILES string of the molecule is OCC#CCCCCCC#CCOC1CCCCO1. The van der Waals surface area contributed by atoms with E-state index in [0.29, 0.717) is 6.61 Å². The minimum Gasteiger partial charge on any atom is -0.384 e. The maximum atomic E-state index is 8.47. The lowest BCUT2D eigenvalue weighted by atomic mass is 10.1. The molecule has 0 bridgehead atoms. The van der Waals surface area contributed by atoms with Gasteiger partial charge in [-0.05, 0) is 32.1 Å². The van der Waals surface area contributed by atoms with Crippen LogP contribution in [-0.4, -0.2) is 31.2 Å². The van der Waals surface area contributed by atoms with Gasteiger partial charge in [0.1, 0.15) is 13.2 Å². The molecule has 1 aliphatic rings. The molecule has 1 aliphatic heterocycles. The standard InChI is InChI=1S/C16H24O3/c17-13-9-6-4-2-1-3-5-7-10-14-18-16-12-8-11-15-19-16/h16-17H,1-5,8,11-15H2. The van der Waals surface area contributed by atoms with Crippen LogP contribution in [0, 0.1) is 23.7 Å². The maximum absolute atomic E-state index is 8.47. The van der Waals surface area contributed by atoms with Crippen LogP contribution in [0.4, 0.5) is 0 Å².